The Bertz CT molecular complexity index is 729. The lowest BCUT2D eigenvalue weighted by atomic mass is 10.1. The number of unbranched alkanes of at least 4 members (excludes halogenated alkanes) is 4. The maximum absolute atomic E-state index is 11.9. The quantitative estimate of drug-likeness (QED) is 0.607. The zero-order valence-corrected chi connectivity index (χ0v) is 14.1. The molecule has 6 nitrogen and oxygen atoms in total. The molecular weight excluding hydrogens is 336 g/mol. The molecule has 0 radical (unpaired) electrons. The number of hydrogen-bond acceptors (Lipinski definition) is 3. The van der Waals surface area contributed by atoms with Gasteiger partial charge in [-0.1, -0.05) is 35.2 Å². The molecule has 0 amide bonds. The Kier molecular flexibility index (Phi) is 5.39. The molecule has 1 N–H and O–H groups in total. The number of rotatable bonds is 7. The Hall–Kier alpha value is -1.37. The molecule has 0 unspecified atom stereocenters. The molecule has 7 heteroatoms. The van der Waals surface area contributed by atoms with Gasteiger partial charge in [0.1, 0.15) is 5.82 Å². The number of aromatic amines is 1. The van der Waals surface area contributed by atoms with Crippen LogP contribution >= 0.6 is 15.9 Å². The van der Waals surface area contributed by atoms with E-state index in [1.54, 1.807) is 11.6 Å². The number of aromatic nitrogens is 4. The fraction of sp³-hybridized carbons (Fsp3) is 0.643. The van der Waals surface area contributed by atoms with Crippen LogP contribution in [0.2, 0.25) is 0 Å². The number of alkyl halides is 1. The minimum absolute atomic E-state index is 0.369. The van der Waals surface area contributed by atoms with Crippen molar-refractivity contribution in [3.05, 3.63) is 26.7 Å². The normalized spacial score (nSPS) is 11.4. The molecule has 0 aliphatic rings. The summed E-state index contributed by atoms with van der Waals surface area (Å²) in [6.07, 6.45) is 6.70. The molecular formula is C14H21BrN4O2. The van der Waals surface area contributed by atoms with E-state index in [0.29, 0.717) is 11.2 Å². The Labute approximate surface area is 131 Å². The van der Waals surface area contributed by atoms with E-state index in [9.17, 15) is 9.59 Å². The van der Waals surface area contributed by atoms with Crippen molar-refractivity contribution < 1.29 is 0 Å². The van der Waals surface area contributed by atoms with Crippen molar-refractivity contribution in [2.75, 3.05) is 5.33 Å². The van der Waals surface area contributed by atoms with Crippen molar-refractivity contribution in [3.63, 3.8) is 0 Å². The van der Waals surface area contributed by atoms with E-state index < -0.39 is 5.69 Å². The Morgan fingerprint density at radius 3 is 2.43 bits per heavy atom. The first-order chi connectivity index (χ1) is 10.1. The number of nitrogens with one attached hydrogen (secondary N) is 1. The molecule has 2 heterocycles. The van der Waals surface area contributed by atoms with Crippen LogP contribution < -0.4 is 11.2 Å². The van der Waals surface area contributed by atoms with Crippen LogP contribution in [0, 0.1) is 0 Å². The number of H-pyrrole nitrogens is 1. The highest BCUT2D eigenvalue weighted by atomic mass is 79.9. The van der Waals surface area contributed by atoms with Gasteiger partial charge in [-0.15, -0.1) is 0 Å². The number of nitrogens with zero attached hydrogens (tertiary/aromatic N) is 3. The third-order valence-electron chi connectivity index (χ3n) is 3.76. The smallest absolute Gasteiger partial charge is 0.325 e. The summed E-state index contributed by atoms with van der Waals surface area (Å²) in [5, 5.41) is 1.06. The largest absolute Gasteiger partial charge is 0.329 e. The van der Waals surface area contributed by atoms with E-state index in [-0.39, 0.29) is 5.56 Å². The Morgan fingerprint density at radius 1 is 1.05 bits per heavy atom. The molecule has 0 saturated heterocycles. The first-order valence-corrected chi connectivity index (χ1v) is 8.39. The lowest BCUT2D eigenvalue weighted by molar-refractivity contribution is 0.618. The standard InChI is InChI=1S/C14H21BrN4O2/c1-18-10(8-6-4-3-5-7-9-15)16-12-11(18)13(20)17-14(21)19(12)2/h3-9H2,1-2H3,(H,17,20,21). The van der Waals surface area contributed by atoms with E-state index >= 15 is 0 Å². The van der Waals surface area contributed by atoms with E-state index in [1.165, 1.54) is 23.8 Å². The Morgan fingerprint density at radius 2 is 1.71 bits per heavy atom. The molecule has 0 aliphatic carbocycles. The molecule has 0 saturated carbocycles. The lowest BCUT2D eigenvalue weighted by Gasteiger charge is -2.02. The average Bonchev–Trinajstić information content (AvgIpc) is 2.78. The van der Waals surface area contributed by atoms with Gasteiger partial charge in [0.05, 0.1) is 0 Å². The van der Waals surface area contributed by atoms with Crippen LogP contribution in [0.15, 0.2) is 9.59 Å². The highest BCUT2D eigenvalue weighted by Crippen LogP contribution is 2.12. The third-order valence-corrected chi connectivity index (χ3v) is 4.32. The van der Waals surface area contributed by atoms with E-state index in [2.05, 4.69) is 25.9 Å². The zero-order valence-electron chi connectivity index (χ0n) is 12.5. The summed E-state index contributed by atoms with van der Waals surface area (Å²) >= 11 is 3.43. The van der Waals surface area contributed by atoms with Crippen LogP contribution in [0.4, 0.5) is 0 Å². The van der Waals surface area contributed by atoms with Crippen molar-refractivity contribution in [1.29, 1.82) is 0 Å². The average molecular weight is 357 g/mol. The summed E-state index contributed by atoms with van der Waals surface area (Å²) in [6, 6.07) is 0. The molecule has 2 aromatic rings. The van der Waals surface area contributed by atoms with E-state index in [0.717, 1.165) is 30.4 Å². The van der Waals surface area contributed by atoms with Crippen LogP contribution in [0.25, 0.3) is 11.2 Å². The highest BCUT2D eigenvalue weighted by Gasteiger charge is 2.14. The molecule has 116 valence electrons. The van der Waals surface area contributed by atoms with Gasteiger partial charge in [-0.3, -0.25) is 14.3 Å². The molecule has 0 spiro atoms. The zero-order chi connectivity index (χ0) is 15.4. The molecule has 21 heavy (non-hydrogen) atoms. The number of halogens is 1. The van der Waals surface area contributed by atoms with Crippen molar-refractivity contribution >= 4 is 27.1 Å². The second-order valence-corrected chi connectivity index (χ2v) is 6.08. The van der Waals surface area contributed by atoms with Gasteiger partial charge < -0.3 is 4.57 Å². The number of imidazole rings is 1. The van der Waals surface area contributed by atoms with E-state index in [4.69, 9.17) is 0 Å². The maximum Gasteiger partial charge on any atom is 0.329 e. The number of hydrogen-bond donors (Lipinski definition) is 1. The van der Waals surface area contributed by atoms with Gasteiger partial charge in [0, 0.05) is 25.8 Å². The van der Waals surface area contributed by atoms with Gasteiger partial charge in [-0.2, -0.15) is 0 Å². The van der Waals surface area contributed by atoms with Crippen LogP contribution in [-0.4, -0.2) is 24.4 Å². The lowest BCUT2D eigenvalue weighted by Crippen LogP contribution is -2.29. The fourth-order valence-corrected chi connectivity index (χ4v) is 2.88. The summed E-state index contributed by atoms with van der Waals surface area (Å²) in [5.41, 5.74) is 0.130. The second kappa shape index (κ2) is 7.06. The summed E-state index contributed by atoms with van der Waals surface area (Å²) in [5.74, 6) is 0.859. The molecule has 0 bridgehead atoms. The van der Waals surface area contributed by atoms with Crippen molar-refractivity contribution in [1.82, 2.24) is 19.1 Å². The van der Waals surface area contributed by atoms with Crippen molar-refractivity contribution in [2.24, 2.45) is 14.1 Å². The molecule has 0 atom stereocenters. The van der Waals surface area contributed by atoms with Crippen LogP contribution in [0.1, 0.15) is 37.9 Å². The van der Waals surface area contributed by atoms with E-state index in [1.807, 2.05) is 7.05 Å². The highest BCUT2D eigenvalue weighted by molar-refractivity contribution is 9.09. The van der Waals surface area contributed by atoms with Gasteiger partial charge in [0.25, 0.3) is 5.56 Å². The monoisotopic (exact) mass is 356 g/mol. The Balaban J connectivity index is 2.13. The summed E-state index contributed by atoms with van der Waals surface area (Å²) in [7, 11) is 3.45. The van der Waals surface area contributed by atoms with Gasteiger partial charge >= 0.3 is 5.69 Å². The minimum Gasteiger partial charge on any atom is -0.325 e. The fourth-order valence-electron chi connectivity index (χ4n) is 2.48. The van der Waals surface area contributed by atoms with Gasteiger partial charge in [0.2, 0.25) is 0 Å². The molecule has 2 rings (SSSR count). The first kappa shape index (κ1) is 16.0. The van der Waals surface area contributed by atoms with Crippen LogP contribution in [0.3, 0.4) is 0 Å². The van der Waals surface area contributed by atoms with Crippen LogP contribution in [0.5, 0.6) is 0 Å². The predicted molar refractivity (Wildman–Crippen MR) is 87.2 cm³/mol. The molecule has 0 aromatic carbocycles. The SMILES string of the molecule is Cn1c(CCCCCCCBr)nc2c1c(=O)[nH]c(=O)n2C. The third kappa shape index (κ3) is 3.45. The minimum atomic E-state index is -0.424. The molecule has 0 aliphatic heterocycles. The molecule has 0 fully saturated rings. The van der Waals surface area contributed by atoms with Crippen molar-refractivity contribution in [2.45, 2.75) is 38.5 Å². The topological polar surface area (TPSA) is 72.7 Å². The van der Waals surface area contributed by atoms with Gasteiger partial charge in [-0.25, -0.2) is 9.78 Å². The summed E-state index contributed by atoms with van der Waals surface area (Å²) < 4.78 is 3.18. The summed E-state index contributed by atoms with van der Waals surface area (Å²) in [6.45, 7) is 0. The van der Waals surface area contributed by atoms with Gasteiger partial charge in [0.15, 0.2) is 11.2 Å². The van der Waals surface area contributed by atoms with Crippen LogP contribution in [-0.2, 0) is 20.5 Å². The second-order valence-electron chi connectivity index (χ2n) is 5.28. The summed E-state index contributed by atoms with van der Waals surface area (Å²) in [4.78, 5) is 30.3. The maximum atomic E-state index is 11.9. The number of fused-ring (bicyclic) bond motifs is 1. The predicted octanol–water partition coefficient (Wildman–Crippen LogP) is 1.85. The number of aryl methyl sites for hydroxylation is 3. The first-order valence-electron chi connectivity index (χ1n) is 7.27. The van der Waals surface area contributed by atoms with Crippen molar-refractivity contribution in [3.8, 4) is 0 Å². The molecule has 2 aromatic heterocycles. The van der Waals surface area contributed by atoms with Gasteiger partial charge in [-0.05, 0) is 12.8 Å².